The highest BCUT2D eigenvalue weighted by Crippen LogP contribution is 2.43. The number of aryl methyl sites for hydroxylation is 1. The van der Waals surface area contributed by atoms with E-state index in [9.17, 15) is 9.18 Å². The molecule has 0 bridgehead atoms. The van der Waals surface area contributed by atoms with Crippen molar-refractivity contribution in [2.75, 3.05) is 17.3 Å². The van der Waals surface area contributed by atoms with Crippen molar-refractivity contribution in [3.05, 3.63) is 59.4 Å². The molecule has 3 rings (SSSR count). The van der Waals surface area contributed by atoms with E-state index in [-0.39, 0.29) is 17.1 Å². The lowest BCUT2D eigenvalue weighted by Crippen LogP contribution is -2.28. The van der Waals surface area contributed by atoms with Gasteiger partial charge in [-0.05, 0) is 54.8 Å². The van der Waals surface area contributed by atoms with Crippen LogP contribution in [0.4, 0.5) is 10.1 Å². The predicted octanol–water partition coefficient (Wildman–Crippen LogP) is 5.09. The van der Waals surface area contributed by atoms with Crippen LogP contribution in [-0.2, 0) is 4.79 Å². The number of amides is 1. The largest absolute Gasteiger partial charge is 0.494 e. The molecule has 0 aromatic heterocycles. The molecule has 1 heterocycles. The van der Waals surface area contributed by atoms with Gasteiger partial charge in [-0.2, -0.15) is 0 Å². The van der Waals surface area contributed by atoms with Crippen molar-refractivity contribution < 1.29 is 13.9 Å². The molecule has 1 fully saturated rings. The van der Waals surface area contributed by atoms with Crippen molar-refractivity contribution in [2.45, 2.75) is 32.1 Å². The average Bonchev–Trinajstić information content (AvgIpc) is 2.97. The first-order chi connectivity index (χ1) is 12.1. The summed E-state index contributed by atoms with van der Waals surface area (Å²) in [4.78, 5) is 14.3. The normalized spacial score (nSPS) is 17.2. The molecule has 2 aromatic rings. The van der Waals surface area contributed by atoms with Gasteiger partial charge in [0.15, 0.2) is 0 Å². The van der Waals surface area contributed by atoms with Crippen molar-refractivity contribution in [3.8, 4) is 5.75 Å². The second-order valence-electron chi connectivity index (χ2n) is 6.13. The molecule has 1 aliphatic rings. The summed E-state index contributed by atoms with van der Waals surface area (Å²) in [6, 6.07) is 12.2. The Morgan fingerprint density at radius 2 is 2.00 bits per heavy atom. The number of hydrogen-bond donors (Lipinski definition) is 0. The number of thioether (sulfide) groups is 1. The maximum Gasteiger partial charge on any atom is 0.238 e. The molecule has 0 aliphatic carbocycles. The number of carbonyl (C=O) groups excluding carboxylic acids is 1. The quantitative estimate of drug-likeness (QED) is 0.673. The molecule has 25 heavy (non-hydrogen) atoms. The number of benzene rings is 2. The number of rotatable bonds is 6. The molecule has 1 unspecified atom stereocenters. The Labute approximate surface area is 152 Å². The fourth-order valence-electron chi connectivity index (χ4n) is 2.88. The van der Waals surface area contributed by atoms with Gasteiger partial charge < -0.3 is 4.74 Å². The van der Waals surface area contributed by atoms with Gasteiger partial charge in [0.05, 0.1) is 12.4 Å². The number of unbranched alkanes of at least 4 members (excludes halogenated alkanes) is 1. The standard InChI is InChI=1S/C20H22FNO2S/c1-3-4-11-24-17-9-10-18(14(2)12-17)22-19(23)13-25-20(22)15-5-7-16(21)8-6-15/h5-10,12,20H,3-4,11,13H2,1-2H3. The summed E-state index contributed by atoms with van der Waals surface area (Å²) in [7, 11) is 0. The molecular weight excluding hydrogens is 337 g/mol. The van der Waals surface area contributed by atoms with E-state index in [2.05, 4.69) is 6.92 Å². The van der Waals surface area contributed by atoms with Crippen LogP contribution in [0.15, 0.2) is 42.5 Å². The van der Waals surface area contributed by atoms with Crippen LogP contribution in [-0.4, -0.2) is 18.3 Å². The highest BCUT2D eigenvalue weighted by Gasteiger charge is 2.34. The van der Waals surface area contributed by atoms with Gasteiger partial charge in [0.2, 0.25) is 5.91 Å². The number of nitrogens with zero attached hydrogens (tertiary/aromatic N) is 1. The first-order valence-electron chi connectivity index (χ1n) is 8.52. The molecule has 3 nitrogen and oxygen atoms in total. The monoisotopic (exact) mass is 359 g/mol. The molecule has 0 radical (unpaired) electrons. The minimum atomic E-state index is -0.269. The summed E-state index contributed by atoms with van der Waals surface area (Å²) in [6.07, 6.45) is 2.12. The highest BCUT2D eigenvalue weighted by atomic mass is 32.2. The van der Waals surface area contributed by atoms with Gasteiger partial charge in [-0.15, -0.1) is 11.8 Å². The Bertz CT molecular complexity index is 748. The third kappa shape index (κ3) is 3.98. The van der Waals surface area contributed by atoms with Gasteiger partial charge in [-0.3, -0.25) is 9.69 Å². The van der Waals surface area contributed by atoms with Crippen LogP contribution in [0.5, 0.6) is 5.75 Å². The lowest BCUT2D eigenvalue weighted by molar-refractivity contribution is -0.115. The van der Waals surface area contributed by atoms with E-state index in [0.717, 1.165) is 35.4 Å². The van der Waals surface area contributed by atoms with Gasteiger partial charge in [-0.1, -0.05) is 25.5 Å². The van der Waals surface area contributed by atoms with E-state index < -0.39 is 0 Å². The van der Waals surface area contributed by atoms with Crippen molar-refractivity contribution in [1.82, 2.24) is 0 Å². The molecule has 132 valence electrons. The molecule has 2 aromatic carbocycles. The predicted molar refractivity (Wildman–Crippen MR) is 101 cm³/mol. The minimum Gasteiger partial charge on any atom is -0.494 e. The third-order valence-corrected chi connectivity index (χ3v) is 5.43. The number of hydrogen-bond acceptors (Lipinski definition) is 3. The van der Waals surface area contributed by atoms with Crippen LogP contribution < -0.4 is 9.64 Å². The van der Waals surface area contributed by atoms with E-state index in [1.54, 1.807) is 23.9 Å². The summed E-state index contributed by atoms with van der Waals surface area (Å²) in [6.45, 7) is 4.82. The number of anilines is 1. The Morgan fingerprint density at radius 1 is 1.24 bits per heavy atom. The smallest absolute Gasteiger partial charge is 0.238 e. The van der Waals surface area contributed by atoms with E-state index in [0.29, 0.717) is 12.4 Å². The van der Waals surface area contributed by atoms with Gasteiger partial charge in [-0.25, -0.2) is 4.39 Å². The van der Waals surface area contributed by atoms with Gasteiger partial charge in [0, 0.05) is 5.69 Å². The molecule has 5 heteroatoms. The van der Waals surface area contributed by atoms with E-state index in [1.807, 2.05) is 30.0 Å². The summed E-state index contributed by atoms with van der Waals surface area (Å²) in [5.74, 6) is 1.06. The van der Waals surface area contributed by atoms with Crippen LogP contribution in [0.25, 0.3) is 0 Å². The zero-order valence-corrected chi connectivity index (χ0v) is 15.3. The Morgan fingerprint density at radius 3 is 2.68 bits per heavy atom. The lowest BCUT2D eigenvalue weighted by Gasteiger charge is -2.26. The maximum atomic E-state index is 13.2. The molecule has 1 atom stereocenters. The summed E-state index contributed by atoms with van der Waals surface area (Å²) >= 11 is 1.56. The number of halogens is 1. The second kappa shape index (κ2) is 7.91. The SMILES string of the molecule is CCCCOc1ccc(N2C(=O)CSC2c2ccc(F)cc2)c(C)c1. The number of carbonyl (C=O) groups is 1. The molecule has 0 N–H and O–H groups in total. The Balaban J connectivity index is 1.85. The molecule has 0 spiro atoms. The Hall–Kier alpha value is -2.01. The first-order valence-corrected chi connectivity index (χ1v) is 9.57. The zero-order valence-electron chi connectivity index (χ0n) is 14.5. The Kier molecular flexibility index (Phi) is 5.63. The van der Waals surface area contributed by atoms with Crippen LogP contribution >= 0.6 is 11.8 Å². The molecule has 0 saturated carbocycles. The fourth-order valence-corrected chi connectivity index (χ4v) is 4.05. The average molecular weight is 359 g/mol. The van der Waals surface area contributed by atoms with Crippen LogP contribution in [0, 0.1) is 12.7 Å². The van der Waals surface area contributed by atoms with Gasteiger partial charge in [0.25, 0.3) is 0 Å². The highest BCUT2D eigenvalue weighted by molar-refractivity contribution is 8.00. The summed E-state index contributed by atoms with van der Waals surface area (Å²) < 4.78 is 19.0. The zero-order chi connectivity index (χ0) is 17.8. The van der Waals surface area contributed by atoms with Crippen LogP contribution in [0.3, 0.4) is 0 Å². The van der Waals surface area contributed by atoms with Crippen molar-refractivity contribution >= 4 is 23.4 Å². The lowest BCUT2D eigenvalue weighted by atomic mass is 10.1. The molecule has 1 saturated heterocycles. The minimum absolute atomic E-state index is 0.0714. The molecule has 1 aliphatic heterocycles. The molecule has 1 amide bonds. The van der Waals surface area contributed by atoms with Crippen molar-refractivity contribution in [1.29, 1.82) is 0 Å². The second-order valence-corrected chi connectivity index (χ2v) is 7.20. The number of ether oxygens (including phenoxy) is 1. The topological polar surface area (TPSA) is 29.5 Å². The van der Waals surface area contributed by atoms with Crippen LogP contribution in [0.2, 0.25) is 0 Å². The maximum absolute atomic E-state index is 13.2. The van der Waals surface area contributed by atoms with E-state index in [4.69, 9.17) is 4.74 Å². The fraction of sp³-hybridized carbons (Fsp3) is 0.350. The van der Waals surface area contributed by atoms with Gasteiger partial charge in [0.1, 0.15) is 16.9 Å². The van der Waals surface area contributed by atoms with Crippen LogP contribution in [0.1, 0.15) is 36.3 Å². The first kappa shape index (κ1) is 17.8. The molecular formula is C20H22FNO2S. The van der Waals surface area contributed by atoms with E-state index >= 15 is 0 Å². The van der Waals surface area contributed by atoms with Crippen molar-refractivity contribution in [2.24, 2.45) is 0 Å². The van der Waals surface area contributed by atoms with Gasteiger partial charge >= 0.3 is 0 Å². The summed E-state index contributed by atoms with van der Waals surface area (Å²) in [5.41, 5.74) is 2.81. The summed E-state index contributed by atoms with van der Waals surface area (Å²) in [5, 5.41) is -0.126. The van der Waals surface area contributed by atoms with E-state index in [1.165, 1.54) is 12.1 Å². The van der Waals surface area contributed by atoms with Crippen molar-refractivity contribution in [3.63, 3.8) is 0 Å². The third-order valence-electron chi connectivity index (χ3n) is 4.22.